The monoisotopic (exact) mass is 406 g/mol. The maximum atomic E-state index is 13.5. The molecular formula is C23H26N4O3. The van der Waals surface area contributed by atoms with Crippen molar-refractivity contribution in [2.75, 3.05) is 26.3 Å². The molecule has 1 unspecified atom stereocenters. The maximum absolute atomic E-state index is 13.5. The van der Waals surface area contributed by atoms with Gasteiger partial charge < -0.3 is 14.1 Å². The maximum Gasteiger partial charge on any atom is 0.273 e. The Morgan fingerprint density at radius 3 is 2.73 bits per heavy atom. The Morgan fingerprint density at radius 1 is 1.17 bits per heavy atom. The van der Waals surface area contributed by atoms with Gasteiger partial charge in [0.05, 0.1) is 5.92 Å². The van der Waals surface area contributed by atoms with Crippen molar-refractivity contribution in [3.63, 3.8) is 0 Å². The SMILES string of the molecule is CC(C)c1nnc(C2CN(C(=O)c3nccc4ccccc34)CC23CCOCC3)o1. The first-order chi connectivity index (χ1) is 14.6. The molecule has 1 amide bonds. The van der Waals surface area contributed by atoms with Gasteiger partial charge in [-0.3, -0.25) is 9.78 Å². The zero-order valence-corrected chi connectivity index (χ0v) is 17.4. The average molecular weight is 406 g/mol. The molecule has 3 aromatic rings. The van der Waals surface area contributed by atoms with Crippen molar-refractivity contribution >= 4 is 16.7 Å². The summed E-state index contributed by atoms with van der Waals surface area (Å²) in [5.41, 5.74) is 0.406. The van der Waals surface area contributed by atoms with Crippen LogP contribution >= 0.6 is 0 Å². The van der Waals surface area contributed by atoms with Crippen molar-refractivity contribution in [2.24, 2.45) is 5.41 Å². The summed E-state index contributed by atoms with van der Waals surface area (Å²) in [6, 6.07) is 9.82. The van der Waals surface area contributed by atoms with E-state index in [-0.39, 0.29) is 23.2 Å². The Labute approximate surface area is 175 Å². The quantitative estimate of drug-likeness (QED) is 0.658. The summed E-state index contributed by atoms with van der Waals surface area (Å²) in [5.74, 6) is 1.44. The molecule has 0 saturated carbocycles. The van der Waals surface area contributed by atoms with Crippen molar-refractivity contribution in [3.8, 4) is 0 Å². The first-order valence-electron chi connectivity index (χ1n) is 10.6. The number of hydrogen-bond donors (Lipinski definition) is 0. The summed E-state index contributed by atoms with van der Waals surface area (Å²) in [7, 11) is 0. The molecule has 156 valence electrons. The molecule has 2 aromatic heterocycles. The van der Waals surface area contributed by atoms with Crippen LogP contribution in [-0.2, 0) is 4.74 Å². The van der Waals surface area contributed by atoms with E-state index in [0.29, 0.717) is 43.8 Å². The van der Waals surface area contributed by atoms with E-state index in [1.54, 1.807) is 6.20 Å². The Morgan fingerprint density at radius 2 is 1.97 bits per heavy atom. The van der Waals surface area contributed by atoms with Crippen molar-refractivity contribution in [1.82, 2.24) is 20.1 Å². The summed E-state index contributed by atoms with van der Waals surface area (Å²) < 4.78 is 11.7. The number of ether oxygens (including phenoxy) is 1. The van der Waals surface area contributed by atoms with Crippen LogP contribution in [0.4, 0.5) is 0 Å². The summed E-state index contributed by atoms with van der Waals surface area (Å²) in [4.78, 5) is 19.9. The highest BCUT2D eigenvalue weighted by atomic mass is 16.5. The van der Waals surface area contributed by atoms with Crippen molar-refractivity contribution in [2.45, 2.75) is 38.5 Å². The number of benzene rings is 1. The van der Waals surface area contributed by atoms with E-state index in [4.69, 9.17) is 9.15 Å². The fraction of sp³-hybridized carbons (Fsp3) is 0.478. The molecule has 1 spiro atoms. The molecule has 7 nitrogen and oxygen atoms in total. The minimum Gasteiger partial charge on any atom is -0.425 e. The van der Waals surface area contributed by atoms with Crippen LogP contribution in [0.15, 0.2) is 40.9 Å². The van der Waals surface area contributed by atoms with E-state index in [9.17, 15) is 4.79 Å². The summed E-state index contributed by atoms with van der Waals surface area (Å²) in [5, 5.41) is 10.5. The minimum atomic E-state index is -0.0979. The van der Waals surface area contributed by atoms with Crippen LogP contribution in [0.5, 0.6) is 0 Å². The number of likely N-dealkylation sites (tertiary alicyclic amines) is 1. The van der Waals surface area contributed by atoms with Crippen molar-refractivity contribution in [1.29, 1.82) is 0 Å². The molecule has 0 bridgehead atoms. The molecular weight excluding hydrogens is 380 g/mol. The van der Waals surface area contributed by atoms with E-state index >= 15 is 0 Å². The molecule has 2 aliphatic rings. The normalized spacial score (nSPS) is 21.0. The zero-order valence-electron chi connectivity index (χ0n) is 17.4. The molecule has 2 aliphatic heterocycles. The van der Waals surface area contributed by atoms with Crippen molar-refractivity contribution < 1.29 is 13.9 Å². The average Bonchev–Trinajstić information content (AvgIpc) is 3.39. The predicted octanol–water partition coefficient (Wildman–Crippen LogP) is 3.78. The number of carbonyl (C=O) groups excluding carboxylic acids is 1. The second kappa shape index (κ2) is 7.47. The van der Waals surface area contributed by atoms with Crippen LogP contribution in [0.1, 0.15) is 60.8 Å². The minimum absolute atomic E-state index is 0.0142. The third-order valence-electron chi connectivity index (χ3n) is 6.55. The number of amides is 1. The lowest BCUT2D eigenvalue weighted by molar-refractivity contribution is 0.00886. The zero-order chi connectivity index (χ0) is 20.7. The van der Waals surface area contributed by atoms with Crippen LogP contribution in [0.25, 0.3) is 10.8 Å². The fourth-order valence-corrected chi connectivity index (χ4v) is 4.81. The lowest BCUT2D eigenvalue weighted by Gasteiger charge is -2.36. The topological polar surface area (TPSA) is 81.4 Å². The van der Waals surface area contributed by atoms with Gasteiger partial charge in [0.15, 0.2) is 0 Å². The number of rotatable bonds is 3. The Hall–Kier alpha value is -2.80. The fourth-order valence-electron chi connectivity index (χ4n) is 4.81. The molecule has 7 heteroatoms. The number of nitrogens with zero attached hydrogens (tertiary/aromatic N) is 4. The number of carbonyl (C=O) groups is 1. The van der Waals surface area contributed by atoms with E-state index in [1.165, 1.54) is 0 Å². The Balaban J connectivity index is 1.50. The van der Waals surface area contributed by atoms with Gasteiger partial charge in [-0.25, -0.2) is 0 Å². The third kappa shape index (κ3) is 3.17. The van der Waals surface area contributed by atoms with Gasteiger partial charge in [0.25, 0.3) is 5.91 Å². The highest BCUT2D eigenvalue weighted by Crippen LogP contribution is 2.49. The van der Waals surface area contributed by atoms with Gasteiger partial charge in [-0.15, -0.1) is 10.2 Å². The van der Waals surface area contributed by atoms with Crippen LogP contribution in [0.2, 0.25) is 0 Å². The highest BCUT2D eigenvalue weighted by molar-refractivity contribution is 6.05. The Bertz CT molecular complexity index is 1070. The van der Waals surface area contributed by atoms with E-state index in [1.807, 2.05) is 49.1 Å². The first kappa shape index (κ1) is 19.2. The van der Waals surface area contributed by atoms with Crippen LogP contribution in [0.3, 0.4) is 0 Å². The lowest BCUT2D eigenvalue weighted by atomic mass is 9.72. The van der Waals surface area contributed by atoms with Crippen LogP contribution in [-0.4, -0.2) is 52.3 Å². The van der Waals surface area contributed by atoms with E-state index in [0.717, 1.165) is 23.6 Å². The molecule has 1 atom stereocenters. The first-order valence-corrected chi connectivity index (χ1v) is 10.6. The predicted molar refractivity (Wildman–Crippen MR) is 111 cm³/mol. The molecule has 0 N–H and O–H groups in total. The number of hydrogen-bond acceptors (Lipinski definition) is 6. The van der Waals surface area contributed by atoms with E-state index in [2.05, 4.69) is 15.2 Å². The molecule has 0 aliphatic carbocycles. The molecule has 5 rings (SSSR count). The van der Waals surface area contributed by atoms with Gasteiger partial charge in [0, 0.05) is 49.2 Å². The van der Waals surface area contributed by atoms with Gasteiger partial charge in [0.2, 0.25) is 11.8 Å². The lowest BCUT2D eigenvalue weighted by Crippen LogP contribution is -2.37. The van der Waals surface area contributed by atoms with Crippen molar-refractivity contribution in [3.05, 3.63) is 54.0 Å². The Kier molecular flexibility index (Phi) is 4.77. The second-order valence-corrected chi connectivity index (χ2v) is 8.73. The molecule has 0 radical (unpaired) electrons. The summed E-state index contributed by atoms with van der Waals surface area (Å²) in [6.45, 7) is 6.68. The van der Waals surface area contributed by atoms with Crippen LogP contribution < -0.4 is 0 Å². The second-order valence-electron chi connectivity index (χ2n) is 8.73. The molecule has 1 aromatic carbocycles. The molecule has 30 heavy (non-hydrogen) atoms. The van der Waals surface area contributed by atoms with Gasteiger partial charge >= 0.3 is 0 Å². The summed E-state index contributed by atoms with van der Waals surface area (Å²) in [6.07, 6.45) is 3.47. The van der Waals surface area contributed by atoms with Crippen LogP contribution in [0, 0.1) is 5.41 Å². The summed E-state index contributed by atoms with van der Waals surface area (Å²) >= 11 is 0. The van der Waals surface area contributed by atoms with Gasteiger partial charge in [-0.1, -0.05) is 38.1 Å². The number of aromatic nitrogens is 3. The van der Waals surface area contributed by atoms with E-state index < -0.39 is 0 Å². The molecule has 2 fully saturated rings. The van der Waals surface area contributed by atoms with Gasteiger partial charge in [-0.2, -0.15) is 0 Å². The largest absolute Gasteiger partial charge is 0.425 e. The molecule has 4 heterocycles. The number of fused-ring (bicyclic) bond motifs is 1. The number of pyridine rings is 1. The molecule has 2 saturated heterocycles. The standard InChI is InChI=1S/C23H26N4O3/c1-15(2)20-25-26-21(30-20)18-13-27(14-23(18)8-11-29-12-9-23)22(28)19-17-6-4-3-5-16(17)7-10-24-19/h3-7,10,15,18H,8-9,11-14H2,1-2H3. The third-order valence-corrected chi connectivity index (χ3v) is 6.55. The van der Waals surface area contributed by atoms with Gasteiger partial charge in [0.1, 0.15) is 5.69 Å². The smallest absolute Gasteiger partial charge is 0.273 e. The highest BCUT2D eigenvalue weighted by Gasteiger charge is 2.51. The van der Waals surface area contributed by atoms with Gasteiger partial charge in [-0.05, 0) is 24.3 Å².